The summed E-state index contributed by atoms with van der Waals surface area (Å²) < 4.78 is 0. The lowest BCUT2D eigenvalue weighted by molar-refractivity contribution is -0.121. The maximum absolute atomic E-state index is 12.9. The summed E-state index contributed by atoms with van der Waals surface area (Å²) in [5.41, 5.74) is 1.37. The molecule has 0 spiro atoms. The Morgan fingerprint density at radius 1 is 1.00 bits per heavy atom. The van der Waals surface area contributed by atoms with E-state index in [2.05, 4.69) is 5.32 Å². The third-order valence-corrected chi connectivity index (χ3v) is 4.28. The van der Waals surface area contributed by atoms with E-state index in [1.807, 2.05) is 62.4 Å². The summed E-state index contributed by atoms with van der Waals surface area (Å²) in [7, 11) is 1.74. The van der Waals surface area contributed by atoms with Crippen LogP contribution in [0, 0.1) is 5.92 Å². The van der Waals surface area contributed by atoms with Crippen molar-refractivity contribution in [1.82, 2.24) is 5.32 Å². The summed E-state index contributed by atoms with van der Waals surface area (Å²) in [5, 5.41) is 2.90. The van der Waals surface area contributed by atoms with Crippen molar-refractivity contribution in [3.63, 3.8) is 0 Å². The molecule has 2 aromatic rings. The fourth-order valence-corrected chi connectivity index (χ4v) is 2.48. The first-order valence-electron chi connectivity index (χ1n) is 8.23. The van der Waals surface area contributed by atoms with Crippen molar-refractivity contribution >= 4 is 17.5 Å². The van der Waals surface area contributed by atoms with E-state index in [1.165, 1.54) is 0 Å². The average Bonchev–Trinajstić information content (AvgIpc) is 2.65. The molecule has 126 valence electrons. The minimum absolute atomic E-state index is 0.0383. The van der Waals surface area contributed by atoms with Gasteiger partial charge in [-0.3, -0.25) is 9.59 Å². The highest BCUT2D eigenvalue weighted by atomic mass is 16.2. The molecule has 2 unspecified atom stereocenters. The van der Waals surface area contributed by atoms with E-state index in [9.17, 15) is 9.59 Å². The highest BCUT2D eigenvalue weighted by Crippen LogP contribution is 2.17. The molecular weight excluding hydrogens is 300 g/mol. The van der Waals surface area contributed by atoms with Crippen LogP contribution in [0.3, 0.4) is 0 Å². The van der Waals surface area contributed by atoms with Gasteiger partial charge in [-0.25, -0.2) is 0 Å². The molecule has 0 saturated heterocycles. The fourth-order valence-electron chi connectivity index (χ4n) is 2.48. The molecule has 0 aliphatic heterocycles. The number of carbonyl (C=O) groups excluding carboxylic acids is 2. The van der Waals surface area contributed by atoms with Gasteiger partial charge >= 0.3 is 0 Å². The topological polar surface area (TPSA) is 49.4 Å². The third-order valence-electron chi connectivity index (χ3n) is 4.28. The zero-order valence-electron chi connectivity index (χ0n) is 14.4. The van der Waals surface area contributed by atoms with Crippen LogP contribution in [0.1, 0.15) is 30.6 Å². The van der Waals surface area contributed by atoms with Crippen LogP contribution in [0.4, 0.5) is 5.69 Å². The number of nitrogens with one attached hydrogen (secondary N) is 1. The molecule has 0 aliphatic carbocycles. The van der Waals surface area contributed by atoms with Gasteiger partial charge in [0.1, 0.15) is 6.04 Å². The number of amides is 2. The maximum atomic E-state index is 12.9. The van der Waals surface area contributed by atoms with E-state index in [1.54, 1.807) is 24.1 Å². The minimum atomic E-state index is -0.562. The summed E-state index contributed by atoms with van der Waals surface area (Å²) in [4.78, 5) is 27.0. The Balaban J connectivity index is 2.19. The number of likely N-dealkylation sites (N-methyl/N-ethyl adjacent to an activating group) is 1. The van der Waals surface area contributed by atoms with Crippen LogP contribution in [0.15, 0.2) is 60.7 Å². The van der Waals surface area contributed by atoms with Crippen molar-refractivity contribution in [2.75, 3.05) is 11.9 Å². The van der Waals surface area contributed by atoms with Crippen LogP contribution in [0.5, 0.6) is 0 Å². The predicted molar refractivity (Wildman–Crippen MR) is 97.0 cm³/mol. The van der Waals surface area contributed by atoms with Gasteiger partial charge in [-0.05, 0) is 30.2 Å². The Bertz CT molecular complexity index is 671. The van der Waals surface area contributed by atoms with E-state index in [4.69, 9.17) is 0 Å². The van der Waals surface area contributed by atoms with E-state index in [0.29, 0.717) is 5.56 Å². The smallest absolute Gasteiger partial charge is 0.251 e. The van der Waals surface area contributed by atoms with Crippen LogP contribution in [0.2, 0.25) is 0 Å². The van der Waals surface area contributed by atoms with Gasteiger partial charge in [0.25, 0.3) is 5.91 Å². The van der Waals surface area contributed by atoms with Gasteiger partial charge in [0.2, 0.25) is 5.91 Å². The Labute approximate surface area is 143 Å². The van der Waals surface area contributed by atoms with E-state index in [0.717, 1.165) is 12.1 Å². The van der Waals surface area contributed by atoms with E-state index < -0.39 is 6.04 Å². The zero-order valence-corrected chi connectivity index (χ0v) is 14.4. The van der Waals surface area contributed by atoms with Gasteiger partial charge in [0, 0.05) is 18.3 Å². The van der Waals surface area contributed by atoms with Crippen LogP contribution >= 0.6 is 0 Å². The fraction of sp³-hybridized carbons (Fsp3) is 0.300. The monoisotopic (exact) mass is 324 g/mol. The quantitative estimate of drug-likeness (QED) is 0.884. The third kappa shape index (κ3) is 4.22. The molecule has 2 rings (SSSR count). The Kier molecular flexibility index (Phi) is 6.13. The highest BCUT2D eigenvalue weighted by molar-refractivity contribution is 6.02. The van der Waals surface area contributed by atoms with Crippen LogP contribution < -0.4 is 10.2 Å². The van der Waals surface area contributed by atoms with Crippen molar-refractivity contribution in [2.45, 2.75) is 26.3 Å². The number of hydrogen-bond acceptors (Lipinski definition) is 2. The van der Waals surface area contributed by atoms with Gasteiger partial charge in [0.15, 0.2) is 0 Å². The summed E-state index contributed by atoms with van der Waals surface area (Å²) in [6, 6.07) is 17.9. The molecule has 0 heterocycles. The second-order valence-corrected chi connectivity index (χ2v) is 5.94. The number of anilines is 1. The molecular formula is C20H24N2O2. The molecule has 4 heteroatoms. The van der Waals surface area contributed by atoms with E-state index >= 15 is 0 Å². The van der Waals surface area contributed by atoms with Gasteiger partial charge in [-0.15, -0.1) is 0 Å². The maximum Gasteiger partial charge on any atom is 0.251 e. The lowest BCUT2D eigenvalue weighted by atomic mass is 9.97. The average molecular weight is 324 g/mol. The van der Waals surface area contributed by atoms with Gasteiger partial charge in [0.05, 0.1) is 0 Å². The van der Waals surface area contributed by atoms with Crippen LogP contribution in [-0.4, -0.2) is 24.9 Å². The molecule has 2 atom stereocenters. The van der Waals surface area contributed by atoms with Crippen LogP contribution in [0.25, 0.3) is 0 Å². The first kappa shape index (κ1) is 17.7. The molecule has 2 amide bonds. The largest absolute Gasteiger partial charge is 0.340 e. The normalized spacial score (nSPS) is 13.0. The number of hydrogen-bond donors (Lipinski definition) is 1. The number of rotatable bonds is 6. The van der Waals surface area contributed by atoms with Gasteiger partial charge in [-0.2, -0.15) is 0 Å². The Morgan fingerprint density at radius 2 is 1.54 bits per heavy atom. The lowest BCUT2D eigenvalue weighted by Gasteiger charge is -2.28. The molecule has 0 saturated carbocycles. The molecule has 0 fully saturated rings. The molecule has 0 radical (unpaired) electrons. The van der Waals surface area contributed by atoms with Crippen molar-refractivity contribution in [3.8, 4) is 0 Å². The first-order valence-corrected chi connectivity index (χ1v) is 8.23. The van der Waals surface area contributed by atoms with Gasteiger partial charge in [-0.1, -0.05) is 56.7 Å². The molecule has 1 N–H and O–H groups in total. The predicted octanol–water partition coefficient (Wildman–Crippen LogP) is 3.49. The van der Waals surface area contributed by atoms with Crippen molar-refractivity contribution in [3.05, 3.63) is 66.2 Å². The summed E-state index contributed by atoms with van der Waals surface area (Å²) in [6.45, 7) is 3.99. The summed E-state index contributed by atoms with van der Waals surface area (Å²) in [6.07, 6.45) is 0.800. The highest BCUT2D eigenvalue weighted by Gasteiger charge is 2.29. The van der Waals surface area contributed by atoms with Gasteiger partial charge < -0.3 is 10.2 Å². The molecule has 0 aliphatic rings. The minimum Gasteiger partial charge on any atom is -0.340 e. The summed E-state index contributed by atoms with van der Waals surface area (Å²) in [5.74, 6) is -0.299. The Morgan fingerprint density at radius 3 is 2.08 bits per heavy atom. The standard InChI is InChI=1S/C20H24N2O2/c1-4-15(2)18(21-19(23)16-11-7-5-8-12-16)20(24)22(3)17-13-9-6-10-14-17/h5-15,18H,4H2,1-3H3,(H,21,23). The number of carbonyl (C=O) groups is 2. The second-order valence-electron chi connectivity index (χ2n) is 5.94. The van der Waals surface area contributed by atoms with Crippen molar-refractivity contribution < 1.29 is 9.59 Å². The van der Waals surface area contributed by atoms with E-state index in [-0.39, 0.29) is 17.7 Å². The summed E-state index contributed by atoms with van der Waals surface area (Å²) >= 11 is 0. The van der Waals surface area contributed by atoms with Crippen molar-refractivity contribution in [1.29, 1.82) is 0 Å². The number of nitrogens with zero attached hydrogens (tertiary/aromatic N) is 1. The Hall–Kier alpha value is -2.62. The number of para-hydroxylation sites is 1. The second kappa shape index (κ2) is 8.29. The number of benzene rings is 2. The lowest BCUT2D eigenvalue weighted by Crippen LogP contribution is -2.50. The molecule has 2 aromatic carbocycles. The molecule has 0 bridgehead atoms. The molecule has 0 aromatic heterocycles. The SMILES string of the molecule is CCC(C)C(NC(=O)c1ccccc1)C(=O)N(C)c1ccccc1. The first-order chi connectivity index (χ1) is 11.5. The van der Waals surface area contributed by atoms with Crippen LogP contribution in [-0.2, 0) is 4.79 Å². The van der Waals surface area contributed by atoms with Crippen molar-refractivity contribution in [2.24, 2.45) is 5.92 Å². The molecule has 24 heavy (non-hydrogen) atoms. The zero-order chi connectivity index (χ0) is 17.5. The molecule has 4 nitrogen and oxygen atoms in total.